The quantitative estimate of drug-likeness (QED) is 0.752. The first kappa shape index (κ1) is 9.28. The molecule has 1 heterocycles. The third kappa shape index (κ3) is 1.81. The number of hydrogen-bond acceptors (Lipinski definition) is 3. The van der Waals surface area contributed by atoms with Crippen molar-refractivity contribution in [3.8, 4) is 6.07 Å². The van der Waals surface area contributed by atoms with Crippen molar-refractivity contribution in [2.24, 2.45) is 0 Å². The molecule has 74 valence electrons. The fourth-order valence-electron chi connectivity index (χ4n) is 1.36. The van der Waals surface area contributed by atoms with E-state index in [0.29, 0.717) is 5.69 Å². The van der Waals surface area contributed by atoms with Crippen LogP contribution in [0.2, 0.25) is 0 Å². The highest BCUT2D eigenvalue weighted by Gasteiger charge is 2.09. The molecule has 2 rings (SSSR count). The van der Waals surface area contributed by atoms with Gasteiger partial charge < -0.3 is 9.72 Å². The second-order valence-corrected chi connectivity index (χ2v) is 3.00. The zero-order valence-electron chi connectivity index (χ0n) is 7.86. The number of fused-ring (bicyclic) bond motifs is 1. The van der Waals surface area contributed by atoms with E-state index >= 15 is 0 Å². The molecule has 0 aliphatic carbocycles. The molecule has 0 aliphatic heterocycles. The summed E-state index contributed by atoms with van der Waals surface area (Å²) in [6.45, 7) is -0.228. The van der Waals surface area contributed by atoms with Crippen molar-refractivity contribution >= 4 is 16.9 Å². The van der Waals surface area contributed by atoms with Crippen LogP contribution in [0, 0.1) is 11.3 Å². The van der Waals surface area contributed by atoms with E-state index in [-0.39, 0.29) is 6.61 Å². The molecule has 1 N–H and O–H groups in total. The maximum Gasteiger partial charge on any atom is 0.355 e. The van der Waals surface area contributed by atoms with Gasteiger partial charge in [0.2, 0.25) is 0 Å². The van der Waals surface area contributed by atoms with Gasteiger partial charge in [-0.15, -0.1) is 0 Å². The number of para-hydroxylation sites is 1. The van der Waals surface area contributed by atoms with Gasteiger partial charge in [0.25, 0.3) is 0 Å². The van der Waals surface area contributed by atoms with Gasteiger partial charge in [-0.1, -0.05) is 18.2 Å². The van der Waals surface area contributed by atoms with Gasteiger partial charge in [-0.25, -0.2) is 4.79 Å². The molecule has 0 aliphatic rings. The van der Waals surface area contributed by atoms with Crippen molar-refractivity contribution in [2.45, 2.75) is 0 Å². The Hall–Kier alpha value is -2.28. The van der Waals surface area contributed by atoms with E-state index in [1.807, 2.05) is 24.3 Å². The van der Waals surface area contributed by atoms with E-state index in [9.17, 15) is 4.79 Å². The molecule has 4 nitrogen and oxygen atoms in total. The summed E-state index contributed by atoms with van der Waals surface area (Å²) < 4.78 is 4.68. The van der Waals surface area contributed by atoms with Gasteiger partial charge in [-0.05, 0) is 12.1 Å². The number of hydrogen-bond donors (Lipinski definition) is 1. The van der Waals surface area contributed by atoms with E-state index < -0.39 is 5.97 Å². The summed E-state index contributed by atoms with van der Waals surface area (Å²) in [6.07, 6.45) is 0. The number of carbonyl (C=O) groups excluding carboxylic acids is 1. The average molecular weight is 200 g/mol. The lowest BCUT2D eigenvalue weighted by atomic mass is 10.2. The average Bonchev–Trinajstić information content (AvgIpc) is 2.69. The first-order valence-electron chi connectivity index (χ1n) is 4.43. The van der Waals surface area contributed by atoms with Gasteiger partial charge in [-0.3, -0.25) is 0 Å². The Balaban J connectivity index is 2.29. The molecule has 0 radical (unpaired) electrons. The molecular formula is C11H8N2O2. The maximum atomic E-state index is 11.4. The Kier molecular flexibility index (Phi) is 2.38. The van der Waals surface area contributed by atoms with Crippen LogP contribution in [0.25, 0.3) is 10.9 Å². The fraction of sp³-hybridized carbons (Fsp3) is 0.0909. The summed E-state index contributed by atoms with van der Waals surface area (Å²) in [7, 11) is 0. The third-order valence-corrected chi connectivity index (χ3v) is 2.02. The number of nitrogens with one attached hydrogen (secondary N) is 1. The molecular weight excluding hydrogens is 192 g/mol. The summed E-state index contributed by atoms with van der Waals surface area (Å²) in [5.74, 6) is -0.507. The molecule has 15 heavy (non-hydrogen) atoms. The van der Waals surface area contributed by atoms with Crippen molar-refractivity contribution in [3.63, 3.8) is 0 Å². The normalized spacial score (nSPS) is 9.80. The molecule has 0 atom stereocenters. The zero-order valence-corrected chi connectivity index (χ0v) is 7.86. The summed E-state index contributed by atoms with van der Waals surface area (Å²) >= 11 is 0. The molecule has 1 aromatic heterocycles. The van der Waals surface area contributed by atoms with Crippen molar-refractivity contribution < 1.29 is 9.53 Å². The standard InChI is InChI=1S/C11H8N2O2/c12-5-6-15-11(14)10-7-8-3-1-2-4-9(8)13-10/h1-4,7,13H,6H2. The molecule has 0 amide bonds. The topological polar surface area (TPSA) is 65.9 Å². The molecule has 0 bridgehead atoms. The number of nitrogens with zero attached hydrogens (tertiary/aromatic N) is 1. The second-order valence-electron chi connectivity index (χ2n) is 3.00. The van der Waals surface area contributed by atoms with Crippen LogP contribution in [0.5, 0.6) is 0 Å². The number of ether oxygens (including phenoxy) is 1. The highest BCUT2D eigenvalue weighted by atomic mass is 16.5. The summed E-state index contributed by atoms with van der Waals surface area (Å²) in [4.78, 5) is 14.3. The first-order valence-corrected chi connectivity index (χ1v) is 4.43. The Morgan fingerprint density at radius 3 is 3.00 bits per heavy atom. The van der Waals surface area contributed by atoms with E-state index in [1.165, 1.54) is 0 Å². The maximum absolute atomic E-state index is 11.4. The third-order valence-electron chi connectivity index (χ3n) is 2.02. The molecule has 0 unspecified atom stereocenters. The predicted molar refractivity (Wildman–Crippen MR) is 54.2 cm³/mol. The van der Waals surface area contributed by atoms with Crippen LogP contribution < -0.4 is 0 Å². The minimum absolute atomic E-state index is 0.228. The first-order chi connectivity index (χ1) is 7.31. The minimum Gasteiger partial charge on any atom is -0.446 e. The van der Waals surface area contributed by atoms with Crippen molar-refractivity contribution in [1.82, 2.24) is 4.98 Å². The monoisotopic (exact) mass is 200 g/mol. The van der Waals surface area contributed by atoms with Gasteiger partial charge in [0.05, 0.1) is 0 Å². The number of rotatable bonds is 2. The number of nitriles is 1. The summed E-state index contributed by atoms with van der Waals surface area (Å²) in [5.41, 5.74) is 1.24. The van der Waals surface area contributed by atoms with Gasteiger partial charge in [0, 0.05) is 10.9 Å². The van der Waals surface area contributed by atoms with Crippen LogP contribution in [0.15, 0.2) is 30.3 Å². The fourth-order valence-corrected chi connectivity index (χ4v) is 1.36. The van der Waals surface area contributed by atoms with Gasteiger partial charge in [0.1, 0.15) is 11.8 Å². The van der Waals surface area contributed by atoms with Crippen LogP contribution in [-0.4, -0.2) is 17.6 Å². The number of benzene rings is 1. The minimum atomic E-state index is -0.507. The van der Waals surface area contributed by atoms with Crippen molar-refractivity contribution in [3.05, 3.63) is 36.0 Å². The van der Waals surface area contributed by atoms with Crippen LogP contribution in [0.1, 0.15) is 10.5 Å². The van der Waals surface area contributed by atoms with Gasteiger partial charge >= 0.3 is 5.97 Å². The van der Waals surface area contributed by atoms with Crippen LogP contribution in [0.4, 0.5) is 0 Å². The predicted octanol–water partition coefficient (Wildman–Crippen LogP) is 1.85. The molecule has 0 spiro atoms. The Bertz CT molecular complexity index is 504. The lowest BCUT2D eigenvalue weighted by molar-refractivity contribution is 0.0549. The molecule has 2 aromatic rings. The molecule has 1 aromatic carbocycles. The van der Waals surface area contributed by atoms with E-state index in [1.54, 1.807) is 12.1 Å². The molecule has 0 fully saturated rings. The molecule has 4 heteroatoms. The van der Waals surface area contributed by atoms with Gasteiger partial charge in [0.15, 0.2) is 6.61 Å². The lowest BCUT2D eigenvalue weighted by Gasteiger charge is -1.95. The van der Waals surface area contributed by atoms with E-state index in [4.69, 9.17) is 5.26 Å². The Labute approximate surface area is 86.1 Å². The number of aromatic nitrogens is 1. The van der Waals surface area contributed by atoms with E-state index in [2.05, 4.69) is 9.72 Å². The highest BCUT2D eigenvalue weighted by Crippen LogP contribution is 2.14. The second kappa shape index (κ2) is 3.84. The summed E-state index contributed by atoms with van der Waals surface area (Å²) in [6, 6.07) is 11.0. The number of esters is 1. The smallest absolute Gasteiger partial charge is 0.355 e. The highest BCUT2D eigenvalue weighted by molar-refractivity contribution is 5.94. The Morgan fingerprint density at radius 1 is 1.47 bits per heavy atom. The molecule has 0 saturated carbocycles. The zero-order chi connectivity index (χ0) is 10.7. The lowest BCUT2D eigenvalue weighted by Crippen LogP contribution is -2.05. The molecule has 0 saturated heterocycles. The number of aromatic amines is 1. The SMILES string of the molecule is N#CCOC(=O)c1cc2ccccc2[nH]1. The number of carbonyl (C=O) groups is 1. The van der Waals surface area contributed by atoms with Crippen LogP contribution >= 0.6 is 0 Å². The van der Waals surface area contributed by atoms with Crippen molar-refractivity contribution in [2.75, 3.05) is 6.61 Å². The number of H-pyrrole nitrogens is 1. The Morgan fingerprint density at radius 2 is 2.27 bits per heavy atom. The van der Waals surface area contributed by atoms with Crippen LogP contribution in [-0.2, 0) is 4.74 Å². The van der Waals surface area contributed by atoms with Crippen molar-refractivity contribution in [1.29, 1.82) is 5.26 Å². The summed E-state index contributed by atoms with van der Waals surface area (Å²) in [5, 5.41) is 9.21. The van der Waals surface area contributed by atoms with Crippen LogP contribution in [0.3, 0.4) is 0 Å². The van der Waals surface area contributed by atoms with E-state index in [0.717, 1.165) is 10.9 Å². The largest absolute Gasteiger partial charge is 0.446 e. The van der Waals surface area contributed by atoms with Gasteiger partial charge in [-0.2, -0.15) is 5.26 Å².